The van der Waals surface area contributed by atoms with Gasteiger partial charge in [0.05, 0.1) is 12.7 Å². The first-order chi connectivity index (χ1) is 6.75. The number of piperazine rings is 1. The van der Waals surface area contributed by atoms with Gasteiger partial charge in [0, 0.05) is 25.7 Å². The molecular weight excluding hydrogens is 218 g/mol. The van der Waals surface area contributed by atoms with Crippen LogP contribution in [0.5, 0.6) is 0 Å². The molecule has 1 atom stereocenters. The molecule has 0 spiro atoms. The Labute approximate surface area is 93.1 Å². The van der Waals surface area contributed by atoms with Crippen LogP contribution in [0.2, 0.25) is 4.34 Å². The highest BCUT2D eigenvalue weighted by atomic mass is 35.5. The number of thiazole rings is 1. The second kappa shape index (κ2) is 4.57. The first-order valence-corrected chi connectivity index (χ1v) is 6.00. The van der Waals surface area contributed by atoms with Crippen LogP contribution in [-0.4, -0.2) is 35.6 Å². The fourth-order valence-electron chi connectivity index (χ4n) is 1.65. The van der Waals surface area contributed by atoms with Gasteiger partial charge in [-0.1, -0.05) is 11.6 Å². The Kier molecular flexibility index (Phi) is 3.38. The highest BCUT2D eigenvalue weighted by molar-refractivity contribution is 7.15. The largest absolute Gasteiger partial charge is 0.314 e. The van der Waals surface area contributed by atoms with Crippen LogP contribution in [0.4, 0.5) is 0 Å². The van der Waals surface area contributed by atoms with Crippen molar-refractivity contribution >= 4 is 22.9 Å². The van der Waals surface area contributed by atoms with E-state index in [0.717, 1.165) is 35.5 Å². The molecule has 1 unspecified atom stereocenters. The monoisotopic (exact) mass is 231 g/mol. The summed E-state index contributed by atoms with van der Waals surface area (Å²) in [5, 5.41) is 4.49. The van der Waals surface area contributed by atoms with E-state index in [2.05, 4.69) is 22.1 Å². The quantitative estimate of drug-likeness (QED) is 0.838. The summed E-state index contributed by atoms with van der Waals surface area (Å²) >= 11 is 7.42. The van der Waals surface area contributed by atoms with Crippen LogP contribution in [0.3, 0.4) is 0 Å². The molecular formula is C9H14ClN3S. The molecule has 0 amide bonds. The van der Waals surface area contributed by atoms with Crippen LogP contribution in [0.1, 0.15) is 11.9 Å². The number of hydrogen-bond acceptors (Lipinski definition) is 4. The van der Waals surface area contributed by atoms with Crippen LogP contribution in [0.25, 0.3) is 0 Å². The highest BCUT2D eigenvalue weighted by Gasteiger charge is 2.18. The summed E-state index contributed by atoms with van der Waals surface area (Å²) in [5.74, 6) is 0. The van der Waals surface area contributed by atoms with Crippen molar-refractivity contribution in [1.82, 2.24) is 15.2 Å². The average Bonchev–Trinajstić information content (AvgIpc) is 2.56. The molecule has 2 rings (SSSR count). The van der Waals surface area contributed by atoms with E-state index in [4.69, 9.17) is 11.6 Å². The molecule has 0 saturated carbocycles. The first-order valence-electron chi connectivity index (χ1n) is 4.80. The lowest BCUT2D eigenvalue weighted by atomic mass is 10.2. The zero-order valence-corrected chi connectivity index (χ0v) is 9.74. The van der Waals surface area contributed by atoms with Gasteiger partial charge in [-0.05, 0) is 6.92 Å². The molecule has 0 radical (unpaired) electrons. The number of rotatable bonds is 2. The van der Waals surface area contributed by atoms with Gasteiger partial charge in [-0.3, -0.25) is 4.90 Å². The van der Waals surface area contributed by atoms with Crippen molar-refractivity contribution in [2.75, 3.05) is 19.6 Å². The third kappa shape index (κ3) is 2.45. The van der Waals surface area contributed by atoms with Crippen LogP contribution in [-0.2, 0) is 6.54 Å². The Morgan fingerprint density at radius 3 is 3.29 bits per heavy atom. The Bertz CT molecular complexity index is 302. The summed E-state index contributed by atoms with van der Waals surface area (Å²) in [7, 11) is 0. The Morgan fingerprint density at radius 2 is 2.64 bits per heavy atom. The highest BCUT2D eigenvalue weighted by Crippen LogP contribution is 2.20. The number of halogens is 1. The summed E-state index contributed by atoms with van der Waals surface area (Å²) in [6, 6.07) is 0.589. The van der Waals surface area contributed by atoms with E-state index in [-0.39, 0.29) is 0 Å². The van der Waals surface area contributed by atoms with Gasteiger partial charge in [-0.2, -0.15) is 0 Å². The zero-order valence-electron chi connectivity index (χ0n) is 8.16. The van der Waals surface area contributed by atoms with E-state index in [0.29, 0.717) is 6.04 Å². The van der Waals surface area contributed by atoms with Crippen LogP contribution in [0, 0.1) is 0 Å². The Morgan fingerprint density at radius 1 is 1.79 bits per heavy atom. The molecule has 3 nitrogen and oxygen atoms in total. The minimum atomic E-state index is 0.589. The lowest BCUT2D eigenvalue weighted by Gasteiger charge is -2.33. The van der Waals surface area contributed by atoms with Gasteiger partial charge in [-0.25, -0.2) is 4.98 Å². The molecule has 1 aliphatic rings. The topological polar surface area (TPSA) is 28.2 Å². The maximum atomic E-state index is 5.84. The zero-order chi connectivity index (χ0) is 9.97. The lowest BCUT2D eigenvalue weighted by molar-refractivity contribution is 0.165. The molecule has 5 heteroatoms. The van der Waals surface area contributed by atoms with E-state index in [1.807, 2.05) is 0 Å². The van der Waals surface area contributed by atoms with Crippen molar-refractivity contribution in [3.8, 4) is 0 Å². The van der Waals surface area contributed by atoms with Gasteiger partial charge in [0.15, 0.2) is 0 Å². The van der Waals surface area contributed by atoms with Crippen LogP contribution < -0.4 is 5.32 Å². The van der Waals surface area contributed by atoms with Gasteiger partial charge in [0.2, 0.25) is 0 Å². The van der Waals surface area contributed by atoms with Gasteiger partial charge in [-0.15, -0.1) is 11.3 Å². The predicted molar refractivity (Wildman–Crippen MR) is 59.9 cm³/mol. The first kappa shape index (κ1) is 10.4. The van der Waals surface area contributed by atoms with Gasteiger partial charge >= 0.3 is 0 Å². The maximum absolute atomic E-state index is 5.84. The fourth-order valence-corrected chi connectivity index (χ4v) is 2.64. The smallest absolute Gasteiger partial charge is 0.113 e. The van der Waals surface area contributed by atoms with Crippen molar-refractivity contribution in [3.05, 3.63) is 15.5 Å². The summed E-state index contributed by atoms with van der Waals surface area (Å²) < 4.78 is 0.780. The standard InChI is InChI=1S/C9H14ClN3S/c1-7-4-11-2-3-13(7)6-9-12-5-8(10)14-9/h5,7,11H,2-4,6H2,1H3. The average molecular weight is 232 g/mol. The second-order valence-corrected chi connectivity index (χ2v) is 5.33. The second-order valence-electron chi connectivity index (χ2n) is 3.58. The molecule has 0 aromatic carbocycles. The normalized spacial score (nSPS) is 24.0. The van der Waals surface area contributed by atoms with E-state index < -0.39 is 0 Å². The number of nitrogens with zero attached hydrogens (tertiary/aromatic N) is 2. The SMILES string of the molecule is CC1CNCCN1Cc1ncc(Cl)s1. The van der Waals surface area contributed by atoms with Gasteiger partial charge < -0.3 is 5.32 Å². The maximum Gasteiger partial charge on any atom is 0.113 e. The third-order valence-electron chi connectivity index (χ3n) is 2.50. The van der Waals surface area contributed by atoms with Gasteiger partial charge in [0.1, 0.15) is 9.34 Å². The molecule has 1 saturated heterocycles. The van der Waals surface area contributed by atoms with E-state index >= 15 is 0 Å². The van der Waals surface area contributed by atoms with Gasteiger partial charge in [0.25, 0.3) is 0 Å². The lowest BCUT2D eigenvalue weighted by Crippen LogP contribution is -2.49. The summed E-state index contributed by atoms with van der Waals surface area (Å²) in [6.07, 6.45) is 1.73. The van der Waals surface area contributed by atoms with Crippen LogP contribution >= 0.6 is 22.9 Å². The molecule has 1 fully saturated rings. The molecule has 0 aliphatic carbocycles. The number of aromatic nitrogens is 1. The van der Waals surface area contributed by atoms with E-state index in [9.17, 15) is 0 Å². The Hall–Kier alpha value is -0.160. The summed E-state index contributed by atoms with van der Waals surface area (Å²) in [6.45, 7) is 6.41. The van der Waals surface area contributed by atoms with Crippen LogP contribution in [0.15, 0.2) is 6.20 Å². The van der Waals surface area contributed by atoms with E-state index in [1.165, 1.54) is 0 Å². The minimum absolute atomic E-state index is 0.589. The van der Waals surface area contributed by atoms with E-state index in [1.54, 1.807) is 17.5 Å². The predicted octanol–water partition coefficient (Wildman–Crippen LogP) is 1.59. The molecule has 78 valence electrons. The minimum Gasteiger partial charge on any atom is -0.314 e. The third-order valence-corrected chi connectivity index (χ3v) is 3.60. The molecule has 1 aromatic heterocycles. The molecule has 0 bridgehead atoms. The van der Waals surface area contributed by atoms with Crippen molar-refractivity contribution in [2.45, 2.75) is 19.5 Å². The molecule has 1 N–H and O–H groups in total. The fraction of sp³-hybridized carbons (Fsp3) is 0.667. The van der Waals surface area contributed by atoms with Crippen molar-refractivity contribution in [1.29, 1.82) is 0 Å². The summed E-state index contributed by atoms with van der Waals surface area (Å²) in [4.78, 5) is 6.70. The molecule has 1 aliphatic heterocycles. The number of hydrogen-bond donors (Lipinski definition) is 1. The molecule has 2 heterocycles. The van der Waals surface area contributed by atoms with Crippen molar-refractivity contribution in [3.63, 3.8) is 0 Å². The Balaban J connectivity index is 1.95. The van der Waals surface area contributed by atoms with Crippen molar-refractivity contribution < 1.29 is 0 Å². The molecule has 14 heavy (non-hydrogen) atoms. The summed E-state index contributed by atoms with van der Waals surface area (Å²) in [5.41, 5.74) is 0. The number of nitrogens with one attached hydrogen (secondary N) is 1. The van der Waals surface area contributed by atoms with Crippen molar-refractivity contribution in [2.24, 2.45) is 0 Å². The molecule has 1 aromatic rings.